The Morgan fingerprint density at radius 1 is 1.09 bits per heavy atom. The lowest BCUT2D eigenvalue weighted by Crippen LogP contribution is -2.39. The summed E-state index contributed by atoms with van der Waals surface area (Å²) in [6.45, 7) is 5.90. The average molecular weight is 491 g/mol. The van der Waals surface area contributed by atoms with Gasteiger partial charge in [-0.05, 0) is 89.3 Å². The van der Waals surface area contributed by atoms with E-state index in [2.05, 4.69) is 26.2 Å². The molecule has 0 saturated carbocycles. The van der Waals surface area contributed by atoms with Gasteiger partial charge in [0.1, 0.15) is 12.2 Å². The number of carbonyl (C=O) groups is 2. The van der Waals surface area contributed by atoms with Crippen molar-refractivity contribution in [3.63, 3.8) is 0 Å². The van der Waals surface area contributed by atoms with Crippen molar-refractivity contribution in [2.75, 3.05) is 16.8 Å². The first-order valence-electron chi connectivity index (χ1n) is 10.3. The molecule has 0 radical (unpaired) electrons. The quantitative estimate of drug-likeness (QED) is 0.541. The van der Waals surface area contributed by atoms with E-state index in [-0.39, 0.29) is 24.8 Å². The first-order chi connectivity index (χ1) is 15.3. The Kier molecular flexibility index (Phi) is 6.19. The van der Waals surface area contributed by atoms with Crippen molar-refractivity contribution in [2.24, 2.45) is 4.99 Å². The van der Waals surface area contributed by atoms with Crippen LogP contribution in [0.15, 0.2) is 64.2 Å². The van der Waals surface area contributed by atoms with E-state index in [1.165, 1.54) is 10.5 Å². The van der Waals surface area contributed by atoms with Crippen LogP contribution in [0.1, 0.15) is 28.7 Å². The van der Waals surface area contributed by atoms with E-state index in [1.54, 1.807) is 12.3 Å². The molecule has 0 fully saturated rings. The minimum Gasteiger partial charge on any atom is -0.324 e. The number of nitrogens with zero attached hydrogens (tertiary/aromatic N) is 3. The van der Waals surface area contributed by atoms with Gasteiger partial charge in [0.2, 0.25) is 11.8 Å². The zero-order valence-corrected chi connectivity index (χ0v) is 19.7. The summed E-state index contributed by atoms with van der Waals surface area (Å²) >= 11 is 3.47. The minimum atomic E-state index is -0.311. The van der Waals surface area contributed by atoms with Crippen molar-refractivity contribution >= 4 is 50.6 Å². The molecule has 0 unspecified atom stereocenters. The number of rotatable bonds is 4. The highest BCUT2D eigenvalue weighted by Gasteiger charge is 2.28. The molecule has 1 aromatic heterocycles. The third-order valence-electron chi connectivity index (χ3n) is 5.44. The first-order valence-corrected chi connectivity index (χ1v) is 11.1. The van der Waals surface area contributed by atoms with Crippen LogP contribution < -0.4 is 10.2 Å². The number of pyridine rings is 1. The second-order valence-electron chi connectivity index (χ2n) is 7.89. The van der Waals surface area contributed by atoms with Crippen molar-refractivity contribution in [3.05, 3.63) is 81.5 Å². The van der Waals surface area contributed by atoms with Crippen LogP contribution in [0.3, 0.4) is 0 Å². The Morgan fingerprint density at radius 2 is 1.91 bits per heavy atom. The molecule has 0 atom stereocenters. The number of carbonyl (C=O) groups excluding carboxylic acids is 2. The standard InChI is InChI=1S/C25H23BrN4O2/c1-15-6-9-20(19(26)11-15)29-23(31)14-30-24(32)13-22(18-8-7-16(2)17(3)12-18)28-21-5-4-10-27-25(21)30/h4-12H,13-14H2,1-3H3,(H,29,31). The Hall–Kier alpha value is -3.32. The van der Waals surface area contributed by atoms with Gasteiger partial charge < -0.3 is 5.32 Å². The van der Waals surface area contributed by atoms with Gasteiger partial charge in [0.15, 0.2) is 5.82 Å². The van der Waals surface area contributed by atoms with Crippen molar-refractivity contribution in [3.8, 4) is 0 Å². The molecule has 0 aliphatic carbocycles. The van der Waals surface area contributed by atoms with Crippen molar-refractivity contribution in [1.29, 1.82) is 0 Å². The van der Waals surface area contributed by atoms with E-state index in [0.29, 0.717) is 22.9 Å². The summed E-state index contributed by atoms with van der Waals surface area (Å²) in [6, 6.07) is 15.3. The Balaban J connectivity index is 1.62. The van der Waals surface area contributed by atoms with Gasteiger partial charge in [0.05, 0.1) is 17.8 Å². The maximum absolute atomic E-state index is 13.2. The fourth-order valence-corrected chi connectivity index (χ4v) is 4.12. The number of halogens is 1. The molecule has 0 saturated heterocycles. The zero-order chi connectivity index (χ0) is 22.8. The molecule has 162 valence electrons. The zero-order valence-electron chi connectivity index (χ0n) is 18.1. The average Bonchev–Trinajstić information content (AvgIpc) is 2.89. The highest BCUT2D eigenvalue weighted by molar-refractivity contribution is 9.10. The predicted molar refractivity (Wildman–Crippen MR) is 131 cm³/mol. The highest BCUT2D eigenvalue weighted by atomic mass is 79.9. The summed E-state index contributed by atoms with van der Waals surface area (Å²) in [5.74, 6) is -0.152. The normalized spacial score (nSPS) is 13.3. The SMILES string of the molecule is Cc1ccc(NC(=O)CN2C(=O)CC(c3ccc(C)c(C)c3)=Nc3cccnc32)c(Br)c1. The van der Waals surface area contributed by atoms with Gasteiger partial charge >= 0.3 is 0 Å². The summed E-state index contributed by atoms with van der Waals surface area (Å²) in [6.07, 6.45) is 1.69. The first kappa shape index (κ1) is 21.9. The van der Waals surface area contributed by atoms with Crippen LogP contribution in [-0.4, -0.2) is 29.1 Å². The summed E-state index contributed by atoms with van der Waals surface area (Å²) in [7, 11) is 0. The van der Waals surface area contributed by atoms with Crippen molar-refractivity contribution in [1.82, 2.24) is 4.98 Å². The molecular weight excluding hydrogens is 468 g/mol. The number of hydrogen-bond acceptors (Lipinski definition) is 4. The van der Waals surface area contributed by atoms with Gasteiger partial charge in [-0.1, -0.05) is 18.2 Å². The number of fused-ring (bicyclic) bond motifs is 1. The fraction of sp³-hybridized carbons (Fsp3) is 0.200. The van der Waals surface area contributed by atoms with E-state index in [1.807, 2.05) is 63.2 Å². The number of benzene rings is 2. The van der Waals surface area contributed by atoms with Crippen LogP contribution in [0.4, 0.5) is 17.2 Å². The molecule has 1 N–H and O–H groups in total. The second kappa shape index (κ2) is 9.04. The number of aliphatic imine (C=N–C) groups is 1. The van der Waals surface area contributed by atoms with Crippen LogP contribution in [0.5, 0.6) is 0 Å². The van der Waals surface area contributed by atoms with Crippen LogP contribution >= 0.6 is 15.9 Å². The monoisotopic (exact) mass is 490 g/mol. The van der Waals surface area contributed by atoms with Crippen LogP contribution in [-0.2, 0) is 9.59 Å². The lowest BCUT2D eigenvalue weighted by Gasteiger charge is -2.21. The molecule has 1 aliphatic heterocycles. The summed E-state index contributed by atoms with van der Waals surface area (Å²) < 4.78 is 0.784. The van der Waals surface area contributed by atoms with E-state index in [4.69, 9.17) is 4.99 Å². The van der Waals surface area contributed by atoms with Gasteiger partial charge in [-0.25, -0.2) is 9.98 Å². The van der Waals surface area contributed by atoms with E-state index in [9.17, 15) is 9.59 Å². The third-order valence-corrected chi connectivity index (χ3v) is 6.09. The topological polar surface area (TPSA) is 74.7 Å². The van der Waals surface area contributed by atoms with Gasteiger partial charge in [-0.2, -0.15) is 0 Å². The minimum absolute atomic E-state index is 0.0837. The number of aryl methyl sites for hydroxylation is 3. The Bertz CT molecular complexity index is 1250. The molecule has 1 aliphatic rings. The van der Waals surface area contributed by atoms with E-state index >= 15 is 0 Å². The summed E-state index contributed by atoms with van der Waals surface area (Å²) in [4.78, 5) is 36.6. The molecule has 4 rings (SSSR count). The smallest absolute Gasteiger partial charge is 0.244 e. The number of aromatic nitrogens is 1. The molecule has 6 nitrogen and oxygen atoms in total. The third kappa shape index (κ3) is 4.62. The lowest BCUT2D eigenvalue weighted by molar-refractivity contribution is -0.120. The number of amides is 2. The Morgan fingerprint density at radius 3 is 2.66 bits per heavy atom. The molecule has 7 heteroatoms. The molecule has 3 aromatic rings. The predicted octanol–water partition coefficient (Wildman–Crippen LogP) is 5.27. The maximum atomic E-state index is 13.2. The molecule has 0 spiro atoms. The lowest BCUT2D eigenvalue weighted by atomic mass is 10.0. The van der Waals surface area contributed by atoms with Crippen LogP contribution in [0, 0.1) is 20.8 Å². The Labute approximate surface area is 195 Å². The largest absolute Gasteiger partial charge is 0.324 e. The molecule has 2 heterocycles. The molecule has 2 amide bonds. The number of anilines is 2. The molecular formula is C25H23BrN4O2. The molecule has 32 heavy (non-hydrogen) atoms. The van der Waals surface area contributed by atoms with Gasteiger partial charge in [-0.3, -0.25) is 14.5 Å². The van der Waals surface area contributed by atoms with Gasteiger partial charge in [0.25, 0.3) is 0 Å². The van der Waals surface area contributed by atoms with Crippen molar-refractivity contribution in [2.45, 2.75) is 27.2 Å². The second-order valence-corrected chi connectivity index (χ2v) is 8.75. The van der Waals surface area contributed by atoms with Crippen molar-refractivity contribution < 1.29 is 9.59 Å². The van der Waals surface area contributed by atoms with E-state index < -0.39 is 0 Å². The number of hydrogen-bond donors (Lipinski definition) is 1. The summed E-state index contributed by atoms with van der Waals surface area (Å²) in [5.41, 5.74) is 6.16. The van der Waals surface area contributed by atoms with Crippen LogP contribution in [0.2, 0.25) is 0 Å². The van der Waals surface area contributed by atoms with Gasteiger partial charge in [0, 0.05) is 10.7 Å². The fourth-order valence-electron chi connectivity index (χ4n) is 3.53. The maximum Gasteiger partial charge on any atom is 0.244 e. The van der Waals surface area contributed by atoms with Gasteiger partial charge in [-0.15, -0.1) is 0 Å². The number of nitrogens with one attached hydrogen (secondary N) is 1. The van der Waals surface area contributed by atoms with E-state index in [0.717, 1.165) is 21.2 Å². The highest BCUT2D eigenvalue weighted by Crippen LogP contribution is 2.31. The molecule has 0 bridgehead atoms. The van der Waals surface area contributed by atoms with Crippen LogP contribution in [0.25, 0.3) is 0 Å². The molecule has 2 aromatic carbocycles. The summed E-state index contributed by atoms with van der Waals surface area (Å²) in [5, 5.41) is 2.87.